The van der Waals surface area contributed by atoms with Crippen molar-refractivity contribution in [1.29, 1.82) is 0 Å². The number of phenols is 1. The number of carbonyl (C=O) groups excluding carboxylic acids is 1. The van der Waals surface area contributed by atoms with E-state index in [2.05, 4.69) is 0 Å². The van der Waals surface area contributed by atoms with Crippen LogP contribution in [0.15, 0.2) is 18.2 Å². The maximum Gasteiger partial charge on any atom is 0.163 e. The molecule has 0 spiro atoms. The number of hydrogen-bond donors (Lipinski definition) is 1. The molecule has 0 saturated carbocycles. The summed E-state index contributed by atoms with van der Waals surface area (Å²) in [5.74, 6) is 1.01. The molecule has 0 aromatic heterocycles. The third-order valence-corrected chi connectivity index (χ3v) is 3.57. The largest absolute Gasteiger partial charge is 0.507 e. The van der Waals surface area contributed by atoms with Gasteiger partial charge in [-0.15, -0.1) is 0 Å². The zero-order valence-electron chi connectivity index (χ0n) is 12.8. The smallest absolute Gasteiger partial charge is 0.163 e. The first-order valence-electron chi connectivity index (χ1n) is 6.95. The van der Waals surface area contributed by atoms with Crippen LogP contribution in [0.2, 0.25) is 0 Å². The fraction of sp³-hybridized carbons (Fsp3) is 0.353. The summed E-state index contributed by atoms with van der Waals surface area (Å²) in [6.45, 7) is 3.51. The highest BCUT2D eigenvalue weighted by molar-refractivity contribution is 6.05. The Kier molecular flexibility index (Phi) is 4.36. The number of aryl methyl sites for hydroxylation is 1. The van der Waals surface area contributed by atoms with Crippen molar-refractivity contribution in [3.05, 3.63) is 29.3 Å². The monoisotopic (exact) mass is 288 g/mol. The Morgan fingerprint density at radius 2 is 1.76 bits per heavy atom. The van der Waals surface area contributed by atoms with Gasteiger partial charge >= 0.3 is 0 Å². The number of fused-ring (bicyclic) bond motifs is 1. The van der Waals surface area contributed by atoms with Crippen molar-refractivity contribution in [2.45, 2.75) is 26.7 Å². The van der Waals surface area contributed by atoms with E-state index in [9.17, 15) is 9.90 Å². The minimum Gasteiger partial charge on any atom is -0.507 e. The molecule has 0 atom stereocenters. The standard InChI is InChI=1S/C17H20O4/c1-5-6-11-7-12-8-14(20-3)15(21-4)9-13(12)17(19)16(11)10(2)18/h7-9,19H,5-6H2,1-4H3. The molecule has 4 nitrogen and oxygen atoms in total. The summed E-state index contributed by atoms with van der Waals surface area (Å²) in [6, 6.07) is 5.46. The number of rotatable bonds is 5. The first-order chi connectivity index (χ1) is 10.0. The van der Waals surface area contributed by atoms with Crippen LogP contribution >= 0.6 is 0 Å². The average molecular weight is 288 g/mol. The van der Waals surface area contributed by atoms with Crippen molar-refractivity contribution in [3.8, 4) is 17.2 Å². The number of Topliss-reactive ketones (excluding diaryl/α,β-unsaturated/α-hetero) is 1. The molecule has 21 heavy (non-hydrogen) atoms. The highest BCUT2D eigenvalue weighted by Crippen LogP contribution is 2.39. The fourth-order valence-electron chi connectivity index (χ4n) is 2.63. The molecule has 0 bridgehead atoms. The third-order valence-electron chi connectivity index (χ3n) is 3.57. The Hall–Kier alpha value is -2.23. The van der Waals surface area contributed by atoms with Crippen molar-refractivity contribution in [3.63, 3.8) is 0 Å². The normalized spacial score (nSPS) is 10.7. The quantitative estimate of drug-likeness (QED) is 0.852. The molecule has 0 amide bonds. The second kappa shape index (κ2) is 6.04. The van der Waals surface area contributed by atoms with Crippen molar-refractivity contribution in [2.24, 2.45) is 0 Å². The number of methoxy groups -OCH3 is 2. The number of ketones is 1. The number of benzene rings is 2. The number of phenolic OH excluding ortho intramolecular Hbond substituents is 1. The first kappa shape index (κ1) is 15.2. The molecule has 0 aliphatic heterocycles. The van der Waals surface area contributed by atoms with E-state index in [1.165, 1.54) is 14.0 Å². The maximum atomic E-state index is 11.9. The van der Waals surface area contributed by atoms with Crippen molar-refractivity contribution in [2.75, 3.05) is 14.2 Å². The zero-order valence-corrected chi connectivity index (χ0v) is 12.8. The molecule has 4 heteroatoms. The number of carbonyl (C=O) groups is 1. The van der Waals surface area contributed by atoms with Gasteiger partial charge in [-0.25, -0.2) is 0 Å². The highest BCUT2D eigenvalue weighted by Gasteiger charge is 2.18. The second-order valence-electron chi connectivity index (χ2n) is 4.99. The van der Waals surface area contributed by atoms with E-state index in [4.69, 9.17) is 9.47 Å². The van der Waals surface area contributed by atoms with Crippen LogP contribution in [-0.2, 0) is 6.42 Å². The first-order valence-corrected chi connectivity index (χ1v) is 6.95. The molecule has 0 saturated heterocycles. The SMILES string of the molecule is CCCc1cc2cc(OC)c(OC)cc2c(O)c1C(C)=O. The van der Waals surface area contributed by atoms with Crippen LogP contribution in [0.25, 0.3) is 10.8 Å². The summed E-state index contributed by atoms with van der Waals surface area (Å²) in [4.78, 5) is 11.9. The summed E-state index contributed by atoms with van der Waals surface area (Å²) in [7, 11) is 3.11. The van der Waals surface area contributed by atoms with Crippen LogP contribution in [0, 0.1) is 0 Å². The molecule has 1 N–H and O–H groups in total. The van der Waals surface area contributed by atoms with Gasteiger partial charge in [-0.2, -0.15) is 0 Å². The van der Waals surface area contributed by atoms with E-state index in [1.54, 1.807) is 13.2 Å². The van der Waals surface area contributed by atoms with Crippen LogP contribution in [0.1, 0.15) is 36.2 Å². The fourth-order valence-corrected chi connectivity index (χ4v) is 2.63. The lowest BCUT2D eigenvalue weighted by Gasteiger charge is -2.14. The van der Waals surface area contributed by atoms with E-state index in [-0.39, 0.29) is 11.5 Å². The van der Waals surface area contributed by atoms with Crippen LogP contribution < -0.4 is 9.47 Å². The predicted molar refractivity (Wildman–Crippen MR) is 82.7 cm³/mol. The molecule has 2 aromatic rings. The lowest BCUT2D eigenvalue weighted by molar-refractivity contribution is 0.101. The Balaban J connectivity index is 2.82. The molecular formula is C17H20O4. The highest BCUT2D eigenvalue weighted by atomic mass is 16.5. The van der Waals surface area contributed by atoms with Gasteiger partial charge in [-0.3, -0.25) is 4.79 Å². The van der Waals surface area contributed by atoms with Gasteiger partial charge in [0.05, 0.1) is 19.8 Å². The topological polar surface area (TPSA) is 55.8 Å². The molecule has 2 rings (SSSR count). The van der Waals surface area contributed by atoms with E-state index in [0.29, 0.717) is 22.4 Å². The summed E-state index contributed by atoms with van der Waals surface area (Å²) in [6.07, 6.45) is 1.64. The third kappa shape index (κ3) is 2.66. The van der Waals surface area contributed by atoms with Gasteiger partial charge in [0.25, 0.3) is 0 Å². The van der Waals surface area contributed by atoms with E-state index in [0.717, 1.165) is 23.8 Å². The van der Waals surface area contributed by atoms with Crippen molar-refractivity contribution >= 4 is 16.6 Å². The van der Waals surface area contributed by atoms with Crippen molar-refractivity contribution < 1.29 is 19.4 Å². The van der Waals surface area contributed by atoms with Gasteiger partial charge in [0.15, 0.2) is 17.3 Å². The molecule has 0 aliphatic rings. The number of hydrogen-bond acceptors (Lipinski definition) is 4. The minimum absolute atomic E-state index is 0.0180. The molecule has 0 unspecified atom stereocenters. The summed E-state index contributed by atoms with van der Waals surface area (Å²) in [5, 5.41) is 11.9. The number of ether oxygens (including phenoxy) is 2. The molecule has 2 aromatic carbocycles. The average Bonchev–Trinajstić information content (AvgIpc) is 2.46. The van der Waals surface area contributed by atoms with Gasteiger partial charge in [0, 0.05) is 5.39 Å². The molecule has 0 radical (unpaired) electrons. The van der Waals surface area contributed by atoms with Gasteiger partial charge < -0.3 is 14.6 Å². The molecule has 112 valence electrons. The zero-order chi connectivity index (χ0) is 15.6. The summed E-state index contributed by atoms with van der Waals surface area (Å²) in [5.41, 5.74) is 1.26. The maximum absolute atomic E-state index is 11.9. The van der Waals surface area contributed by atoms with Gasteiger partial charge in [0.2, 0.25) is 0 Å². The van der Waals surface area contributed by atoms with Gasteiger partial charge in [-0.1, -0.05) is 19.4 Å². The molecular weight excluding hydrogens is 268 g/mol. The van der Waals surface area contributed by atoms with Gasteiger partial charge in [-0.05, 0) is 36.4 Å². The summed E-state index contributed by atoms with van der Waals surface area (Å²) >= 11 is 0. The second-order valence-corrected chi connectivity index (χ2v) is 4.99. The summed E-state index contributed by atoms with van der Waals surface area (Å²) < 4.78 is 10.5. The van der Waals surface area contributed by atoms with E-state index < -0.39 is 0 Å². The van der Waals surface area contributed by atoms with Crippen LogP contribution in [-0.4, -0.2) is 25.1 Å². The van der Waals surface area contributed by atoms with Crippen molar-refractivity contribution in [1.82, 2.24) is 0 Å². The van der Waals surface area contributed by atoms with E-state index >= 15 is 0 Å². The lowest BCUT2D eigenvalue weighted by atomic mass is 9.94. The lowest BCUT2D eigenvalue weighted by Crippen LogP contribution is -2.01. The Bertz CT molecular complexity index is 689. The van der Waals surface area contributed by atoms with Crippen LogP contribution in [0.3, 0.4) is 0 Å². The molecule has 0 aliphatic carbocycles. The minimum atomic E-state index is -0.132. The van der Waals surface area contributed by atoms with E-state index in [1.807, 2.05) is 19.1 Å². The van der Waals surface area contributed by atoms with Crippen LogP contribution in [0.4, 0.5) is 0 Å². The Morgan fingerprint density at radius 3 is 2.29 bits per heavy atom. The number of aromatic hydroxyl groups is 1. The van der Waals surface area contributed by atoms with Crippen LogP contribution in [0.5, 0.6) is 17.2 Å². The predicted octanol–water partition coefficient (Wildman–Crippen LogP) is 3.72. The molecule has 0 fully saturated rings. The Morgan fingerprint density at radius 1 is 1.14 bits per heavy atom. The van der Waals surface area contributed by atoms with Gasteiger partial charge in [0.1, 0.15) is 5.75 Å². The Labute approximate surface area is 124 Å². The molecule has 0 heterocycles.